The van der Waals surface area contributed by atoms with Gasteiger partial charge in [-0.1, -0.05) is 125 Å². The third-order valence-corrected chi connectivity index (χ3v) is 11.2. The molecule has 0 saturated heterocycles. The quantitative estimate of drug-likeness (QED) is 0.0531. The van der Waals surface area contributed by atoms with Crippen molar-refractivity contribution in [3.63, 3.8) is 0 Å². The van der Waals surface area contributed by atoms with Gasteiger partial charge in [0.05, 0.1) is 90.0 Å². The van der Waals surface area contributed by atoms with E-state index in [2.05, 4.69) is 83.1 Å². The molecule has 0 aromatic rings. The molecule has 0 fully saturated rings. The number of Topliss-reactive ketones (excluding diaryl/α,β-unsaturated/α-hetero) is 3. The number of hydrogen-bond donors (Lipinski definition) is 0. The van der Waals surface area contributed by atoms with Crippen molar-refractivity contribution in [1.29, 1.82) is 0 Å². The number of hydrogen-bond acceptors (Lipinski definition) is 14. The van der Waals surface area contributed by atoms with Crippen LogP contribution < -0.4 is 0 Å². The Hall–Kier alpha value is -1.43. The van der Waals surface area contributed by atoms with Crippen LogP contribution in [0.25, 0.3) is 0 Å². The third kappa shape index (κ3) is 112. The van der Waals surface area contributed by atoms with Crippen molar-refractivity contribution in [3.8, 4) is 0 Å². The molecule has 0 rings (SSSR count). The Labute approximate surface area is 523 Å². The van der Waals surface area contributed by atoms with E-state index in [0.717, 1.165) is 88.7 Å². The predicted octanol–water partition coefficient (Wildman–Crippen LogP) is 16.9. The van der Waals surface area contributed by atoms with Crippen molar-refractivity contribution >= 4 is 17.3 Å². The van der Waals surface area contributed by atoms with Crippen molar-refractivity contribution in [1.82, 2.24) is 0 Å². The Morgan fingerprint density at radius 3 is 0.702 bits per heavy atom. The van der Waals surface area contributed by atoms with Crippen LogP contribution in [-0.4, -0.2) is 160 Å². The molecule has 14 heteroatoms. The number of rotatable bonds is 46. The van der Waals surface area contributed by atoms with E-state index in [1.807, 2.05) is 111 Å². The molecule has 0 unspecified atom stereocenters. The van der Waals surface area contributed by atoms with Crippen LogP contribution in [0, 0.1) is 53.3 Å². The van der Waals surface area contributed by atoms with Gasteiger partial charge in [0, 0.05) is 63.8 Å². The monoisotopic (exact) mass is 1210 g/mol. The molecule has 0 N–H and O–H groups in total. The maximum atomic E-state index is 11.2. The second-order valence-electron chi connectivity index (χ2n) is 26.2. The summed E-state index contributed by atoms with van der Waals surface area (Å²) in [6, 6.07) is 0. The molecule has 0 aliphatic carbocycles. The van der Waals surface area contributed by atoms with Crippen LogP contribution in [-0.2, 0) is 66.5 Å². The highest BCUT2D eigenvalue weighted by Gasteiger charge is 2.09. The van der Waals surface area contributed by atoms with Gasteiger partial charge in [-0.15, -0.1) is 0 Å². The van der Waals surface area contributed by atoms with Crippen molar-refractivity contribution in [3.05, 3.63) is 0 Å². The van der Waals surface area contributed by atoms with Crippen LogP contribution in [0.3, 0.4) is 0 Å². The van der Waals surface area contributed by atoms with E-state index in [1.54, 1.807) is 0 Å². The molecule has 512 valence electrons. The van der Waals surface area contributed by atoms with Gasteiger partial charge >= 0.3 is 0 Å². The molecular weight excluding hydrogens is 1060 g/mol. The van der Waals surface area contributed by atoms with Gasteiger partial charge in [0.15, 0.2) is 11.6 Å². The van der Waals surface area contributed by atoms with E-state index in [4.69, 9.17) is 52.1 Å². The molecule has 0 spiro atoms. The van der Waals surface area contributed by atoms with Gasteiger partial charge in [-0.2, -0.15) is 0 Å². The lowest BCUT2D eigenvalue weighted by Crippen LogP contribution is -2.17. The van der Waals surface area contributed by atoms with Gasteiger partial charge in [0.2, 0.25) is 0 Å². The smallest absolute Gasteiger partial charge is 0.160 e. The molecule has 14 nitrogen and oxygen atoms in total. The van der Waals surface area contributed by atoms with Gasteiger partial charge in [0.1, 0.15) is 19.0 Å². The SMILES string of the molecule is CC(C)CCCOCCC(C)C.CC(C)CCOCC(=O)C(C)C.CC(C)CCOCCC(C)C.CC(C)CCOCCOC(C)C.CC(C)OCCOC(C)C.CC(C)OCCOCC(=O)C(C)C.CC(C)OCCOCCC(=O)C(C)C. The molecule has 0 aromatic heterocycles. The van der Waals surface area contributed by atoms with E-state index in [9.17, 15) is 14.4 Å². The van der Waals surface area contributed by atoms with Crippen LogP contribution in [0.2, 0.25) is 0 Å². The van der Waals surface area contributed by atoms with Crippen LogP contribution in [0.5, 0.6) is 0 Å². The standard InChI is InChI=1S/C11H22O3.C11H24O.C10H20O3.C10H22O2.C10H20O2.C10H22O.C8H18O2/c1-9(2)11(12)5-6-13-7-8-14-10(3)4;1-10(2)6-5-8-12-9-7-11(3)4;1-8(2)10(11)7-12-5-6-13-9(3)4;1-9(2)5-6-11-7-8-12-10(3)4;1-8(2)5-6-12-7-10(11)9(3)4;1-9(2)5-7-11-8-6-10(3)4;1-7(2)9-5-6-10-8(3)4/h9-10H,5-8H2,1-4H3;10-11H,5-9H2,1-4H3;8-9H,5-7H2,1-4H3;9-10H,5-8H2,1-4H3;8-9H,5-7H2,1-4H3;9-10H,5-8H2,1-4H3;7-8H,5-6H2,1-4H3. The fourth-order valence-corrected chi connectivity index (χ4v) is 5.33. The molecule has 0 atom stereocenters. The maximum Gasteiger partial charge on any atom is 0.160 e. The lowest BCUT2D eigenvalue weighted by molar-refractivity contribution is -0.127. The summed E-state index contributed by atoms with van der Waals surface area (Å²) in [5, 5.41) is 0. The zero-order chi connectivity index (χ0) is 66.3. The summed E-state index contributed by atoms with van der Waals surface area (Å²) in [6.45, 7) is 69.4. The zero-order valence-corrected chi connectivity index (χ0v) is 61.0. The van der Waals surface area contributed by atoms with E-state index in [1.165, 1.54) is 32.1 Å². The summed E-state index contributed by atoms with van der Waals surface area (Å²) in [7, 11) is 0. The number of carbonyl (C=O) groups is 3. The highest BCUT2D eigenvalue weighted by Crippen LogP contribution is 2.06. The van der Waals surface area contributed by atoms with Crippen LogP contribution in [0.1, 0.15) is 245 Å². The summed E-state index contributed by atoms with van der Waals surface area (Å²) < 4.78 is 58.3. The van der Waals surface area contributed by atoms with Gasteiger partial charge in [-0.3, -0.25) is 14.4 Å². The fraction of sp³-hybridized carbons (Fsp3) is 0.957. The normalized spacial score (nSPS) is 11.4. The summed E-state index contributed by atoms with van der Waals surface area (Å²) in [5.41, 5.74) is 0. The molecule has 0 heterocycles. The van der Waals surface area contributed by atoms with Crippen LogP contribution in [0.15, 0.2) is 0 Å². The minimum absolute atomic E-state index is 0.0611. The molecule has 0 bridgehead atoms. The summed E-state index contributed by atoms with van der Waals surface area (Å²) in [6.07, 6.45) is 10.2. The Bertz CT molecular complexity index is 1210. The lowest BCUT2D eigenvalue weighted by Gasteiger charge is -2.09. The van der Waals surface area contributed by atoms with Crippen molar-refractivity contribution < 1.29 is 66.5 Å². The van der Waals surface area contributed by atoms with Crippen LogP contribution >= 0.6 is 0 Å². The Morgan fingerprint density at radius 2 is 0.440 bits per heavy atom. The largest absolute Gasteiger partial charge is 0.381 e. The molecular formula is C70H148O14. The van der Waals surface area contributed by atoms with Gasteiger partial charge in [0.25, 0.3) is 0 Å². The summed E-state index contributed by atoms with van der Waals surface area (Å²) in [4.78, 5) is 33.3. The molecule has 0 aliphatic heterocycles. The van der Waals surface area contributed by atoms with Crippen molar-refractivity contribution in [2.24, 2.45) is 53.3 Å². The maximum absolute atomic E-state index is 11.2. The van der Waals surface area contributed by atoms with Gasteiger partial charge in [-0.05, 0) is 150 Å². The van der Waals surface area contributed by atoms with Gasteiger partial charge in [-0.25, -0.2) is 0 Å². The summed E-state index contributed by atoms with van der Waals surface area (Å²) >= 11 is 0. The minimum Gasteiger partial charge on any atom is -0.381 e. The predicted molar refractivity (Wildman–Crippen MR) is 356 cm³/mol. The average Bonchev–Trinajstić information content (AvgIpc) is 3.37. The minimum atomic E-state index is 0.0611. The molecule has 84 heavy (non-hydrogen) atoms. The Balaban J connectivity index is -0.000000165. The molecule has 0 radical (unpaired) electrons. The fourth-order valence-electron chi connectivity index (χ4n) is 5.33. The van der Waals surface area contributed by atoms with E-state index < -0.39 is 0 Å². The van der Waals surface area contributed by atoms with E-state index in [-0.39, 0.29) is 60.5 Å². The molecule has 0 aliphatic rings. The topological polar surface area (TPSA) is 153 Å². The highest BCUT2D eigenvalue weighted by molar-refractivity contribution is 5.82. The second-order valence-corrected chi connectivity index (χ2v) is 26.2. The average molecular weight is 1210 g/mol. The zero-order valence-electron chi connectivity index (χ0n) is 61.0. The Morgan fingerprint density at radius 1 is 0.226 bits per heavy atom. The molecule has 0 aromatic carbocycles. The van der Waals surface area contributed by atoms with Crippen molar-refractivity contribution in [2.75, 3.05) is 112 Å². The van der Waals surface area contributed by atoms with Gasteiger partial charge < -0.3 is 52.1 Å². The first kappa shape index (κ1) is 96.2. The van der Waals surface area contributed by atoms with Crippen LogP contribution in [0.4, 0.5) is 0 Å². The highest BCUT2D eigenvalue weighted by atomic mass is 16.5. The number of ether oxygens (including phenoxy) is 11. The lowest BCUT2D eigenvalue weighted by atomic mass is 10.1. The van der Waals surface area contributed by atoms with E-state index >= 15 is 0 Å². The van der Waals surface area contributed by atoms with E-state index in [0.29, 0.717) is 83.5 Å². The second kappa shape index (κ2) is 72.3. The first-order chi connectivity index (χ1) is 39.1. The molecule has 0 saturated carbocycles. The first-order valence-corrected chi connectivity index (χ1v) is 33.2. The number of carbonyl (C=O) groups excluding carboxylic acids is 3. The summed E-state index contributed by atoms with van der Waals surface area (Å²) in [5.74, 6) is 5.39. The number of ketones is 3. The third-order valence-electron chi connectivity index (χ3n) is 11.2. The first-order valence-electron chi connectivity index (χ1n) is 33.2. The Kier molecular flexibility index (Phi) is 82.8. The molecule has 0 amide bonds. The van der Waals surface area contributed by atoms with Crippen molar-refractivity contribution in [2.45, 2.75) is 276 Å².